The lowest BCUT2D eigenvalue weighted by atomic mass is 10.2. The van der Waals surface area contributed by atoms with Crippen molar-refractivity contribution in [3.8, 4) is 0 Å². The summed E-state index contributed by atoms with van der Waals surface area (Å²) in [6.07, 6.45) is 0. The maximum atomic E-state index is 12.4. The number of benzene rings is 1. The van der Waals surface area contributed by atoms with Crippen LogP contribution in [0.1, 0.15) is 19.4 Å². The largest absolute Gasteiger partial charge is 0.336 e. The quantitative estimate of drug-likeness (QED) is 0.916. The second-order valence-electron chi connectivity index (χ2n) is 5.02. The summed E-state index contributed by atoms with van der Waals surface area (Å²) >= 11 is 1.72. The molecule has 1 aliphatic heterocycles. The van der Waals surface area contributed by atoms with Crippen molar-refractivity contribution < 1.29 is 4.79 Å². The Balaban J connectivity index is 1.85. The van der Waals surface area contributed by atoms with Crippen molar-refractivity contribution in [1.29, 1.82) is 0 Å². The van der Waals surface area contributed by atoms with Gasteiger partial charge in [0.15, 0.2) is 0 Å². The minimum Gasteiger partial charge on any atom is -0.336 e. The molecule has 1 aliphatic rings. The zero-order valence-corrected chi connectivity index (χ0v) is 12.5. The SMILES string of the molecule is CC(SCc1ccccc1)C(=O)N1CCNCC1C. The number of nitrogens with one attached hydrogen (secondary N) is 1. The number of hydrogen-bond acceptors (Lipinski definition) is 3. The van der Waals surface area contributed by atoms with Crippen LogP contribution < -0.4 is 5.32 Å². The highest BCUT2D eigenvalue weighted by Gasteiger charge is 2.26. The molecule has 1 aromatic rings. The summed E-state index contributed by atoms with van der Waals surface area (Å²) in [6.45, 7) is 6.77. The Hall–Kier alpha value is -1.00. The van der Waals surface area contributed by atoms with Gasteiger partial charge in [0.25, 0.3) is 0 Å². The number of hydrogen-bond donors (Lipinski definition) is 1. The fourth-order valence-corrected chi connectivity index (χ4v) is 3.18. The van der Waals surface area contributed by atoms with Crippen molar-refractivity contribution in [2.24, 2.45) is 0 Å². The average Bonchev–Trinajstić information content (AvgIpc) is 2.45. The molecule has 1 aromatic carbocycles. The predicted molar refractivity (Wildman–Crippen MR) is 81.2 cm³/mol. The van der Waals surface area contributed by atoms with Crippen LogP contribution in [0.25, 0.3) is 0 Å². The number of carbonyl (C=O) groups is 1. The van der Waals surface area contributed by atoms with Gasteiger partial charge in [-0.1, -0.05) is 30.3 Å². The summed E-state index contributed by atoms with van der Waals surface area (Å²) < 4.78 is 0. The van der Waals surface area contributed by atoms with E-state index < -0.39 is 0 Å². The Morgan fingerprint density at radius 3 is 2.89 bits per heavy atom. The number of thioether (sulfide) groups is 1. The van der Waals surface area contributed by atoms with Crippen molar-refractivity contribution in [3.63, 3.8) is 0 Å². The first-order valence-corrected chi connectivity index (χ1v) is 7.90. The van der Waals surface area contributed by atoms with Gasteiger partial charge in [-0.3, -0.25) is 4.79 Å². The molecule has 0 aliphatic carbocycles. The molecule has 1 amide bonds. The average molecular weight is 278 g/mol. The van der Waals surface area contributed by atoms with Crippen LogP contribution in [0.2, 0.25) is 0 Å². The Bertz CT molecular complexity index is 410. The van der Waals surface area contributed by atoms with Crippen molar-refractivity contribution in [1.82, 2.24) is 10.2 Å². The molecule has 2 atom stereocenters. The Kier molecular flexibility index (Phi) is 5.28. The van der Waals surface area contributed by atoms with Gasteiger partial charge >= 0.3 is 0 Å². The number of piperazine rings is 1. The maximum absolute atomic E-state index is 12.4. The third-order valence-corrected chi connectivity index (χ3v) is 4.68. The highest BCUT2D eigenvalue weighted by atomic mass is 32.2. The molecule has 104 valence electrons. The van der Waals surface area contributed by atoms with Crippen LogP contribution in [0.5, 0.6) is 0 Å². The van der Waals surface area contributed by atoms with Gasteiger partial charge in [0.1, 0.15) is 0 Å². The van der Waals surface area contributed by atoms with Crippen molar-refractivity contribution in [2.75, 3.05) is 19.6 Å². The van der Waals surface area contributed by atoms with Gasteiger partial charge in [-0.25, -0.2) is 0 Å². The molecule has 2 unspecified atom stereocenters. The zero-order valence-electron chi connectivity index (χ0n) is 11.6. The maximum Gasteiger partial charge on any atom is 0.235 e. The summed E-state index contributed by atoms with van der Waals surface area (Å²) in [7, 11) is 0. The fourth-order valence-electron chi connectivity index (χ4n) is 2.27. The number of nitrogens with zero attached hydrogens (tertiary/aromatic N) is 1. The van der Waals surface area contributed by atoms with Gasteiger partial charge in [0.2, 0.25) is 5.91 Å². The molecular weight excluding hydrogens is 256 g/mol. The second kappa shape index (κ2) is 6.96. The lowest BCUT2D eigenvalue weighted by Crippen LogP contribution is -2.54. The number of amides is 1. The molecule has 0 aromatic heterocycles. The number of carbonyl (C=O) groups excluding carboxylic acids is 1. The molecule has 0 saturated carbocycles. The molecule has 1 N–H and O–H groups in total. The summed E-state index contributed by atoms with van der Waals surface area (Å²) in [5, 5.41) is 3.34. The molecular formula is C15H22N2OS. The smallest absolute Gasteiger partial charge is 0.235 e. The summed E-state index contributed by atoms with van der Waals surface area (Å²) in [4.78, 5) is 14.4. The van der Waals surface area contributed by atoms with Gasteiger partial charge in [-0.2, -0.15) is 0 Å². The van der Waals surface area contributed by atoms with Crippen LogP contribution >= 0.6 is 11.8 Å². The minimum absolute atomic E-state index is 0.0285. The molecule has 0 spiro atoms. The van der Waals surface area contributed by atoms with E-state index in [1.54, 1.807) is 11.8 Å². The van der Waals surface area contributed by atoms with E-state index in [1.807, 2.05) is 30.0 Å². The molecule has 1 heterocycles. The van der Waals surface area contributed by atoms with Gasteiger partial charge in [-0.05, 0) is 19.4 Å². The summed E-state index contributed by atoms with van der Waals surface area (Å²) in [5.41, 5.74) is 1.28. The first kappa shape index (κ1) is 14.4. The lowest BCUT2D eigenvalue weighted by Gasteiger charge is -2.35. The van der Waals surface area contributed by atoms with Gasteiger partial charge in [-0.15, -0.1) is 11.8 Å². The van der Waals surface area contributed by atoms with Crippen molar-refractivity contribution in [3.05, 3.63) is 35.9 Å². The third-order valence-electron chi connectivity index (χ3n) is 3.47. The van der Waals surface area contributed by atoms with E-state index in [2.05, 4.69) is 24.4 Å². The zero-order chi connectivity index (χ0) is 13.7. The van der Waals surface area contributed by atoms with Crippen LogP contribution in [0.3, 0.4) is 0 Å². The monoisotopic (exact) mass is 278 g/mol. The molecule has 4 heteroatoms. The van der Waals surface area contributed by atoms with E-state index in [0.717, 1.165) is 25.4 Å². The Morgan fingerprint density at radius 1 is 1.47 bits per heavy atom. The van der Waals surface area contributed by atoms with Crippen LogP contribution in [-0.4, -0.2) is 41.7 Å². The molecule has 1 saturated heterocycles. The summed E-state index contributed by atoms with van der Waals surface area (Å²) in [6, 6.07) is 10.6. The van der Waals surface area contributed by atoms with Crippen molar-refractivity contribution >= 4 is 17.7 Å². The molecule has 3 nitrogen and oxygen atoms in total. The molecule has 2 rings (SSSR count). The van der Waals surface area contributed by atoms with Gasteiger partial charge < -0.3 is 10.2 Å². The lowest BCUT2D eigenvalue weighted by molar-refractivity contribution is -0.133. The van der Waals surface area contributed by atoms with Crippen LogP contribution in [-0.2, 0) is 10.5 Å². The highest BCUT2D eigenvalue weighted by molar-refractivity contribution is 7.99. The van der Waals surface area contributed by atoms with Crippen LogP contribution in [0.4, 0.5) is 0 Å². The molecule has 19 heavy (non-hydrogen) atoms. The van der Waals surface area contributed by atoms with Gasteiger partial charge in [0.05, 0.1) is 5.25 Å². The minimum atomic E-state index is 0.0285. The molecule has 0 bridgehead atoms. The predicted octanol–water partition coefficient (Wildman–Crippen LogP) is 2.13. The fraction of sp³-hybridized carbons (Fsp3) is 0.533. The Labute approximate surface area is 119 Å². The standard InChI is InChI=1S/C15H22N2OS/c1-12-10-16-8-9-17(12)15(18)13(2)19-11-14-6-4-3-5-7-14/h3-7,12-13,16H,8-11H2,1-2H3. The van der Waals surface area contributed by atoms with E-state index in [9.17, 15) is 4.79 Å². The topological polar surface area (TPSA) is 32.3 Å². The van der Waals surface area contributed by atoms with Crippen molar-refractivity contribution in [2.45, 2.75) is 30.9 Å². The summed E-state index contributed by atoms with van der Waals surface area (Å²) in [5.74, 6) is 1.17. The number of rotatable bonds is 4. The van der Waals surface area contributed by atoms with E-state index in [1.165, 1.54) is 5.56 Å². The Morgan fingerprint density at radius 2 is 2.21 bits per heavy atom. The first-order chi connectivity index (χ1) is 9.18. The highest BCUT2D eigenvalue weighted by Crippen LogP contribution is 2.20. The normalized spacial score (nSPS) is 21.2. The van der Waals surface area contributed by atoms with E-state index in [4.69, 9.17) is 0 Å². The molecule has 1 fully saturated rings. The van der Waals surface area contributed by atoms with E-state index in [-0.39, 0.29) is 11.2 Å². The van der Waals surface area contributed by atoms with Crippen LogP contribution in [0, 0.1) is 0 Å². The second-order valence-corrected chi connectivity index (χ2v) is 6.35. The third kappa shape index (κ3) is 3.98. The van der Waals surface area contributed by atoms with Gasteiger partial charge in [0, 0.05) is 31.4 Å². The van der Waals surface area contributed by atoms with E-state index in [0.29, 0.717) is 6.04 Å². The molecule has 0 radical (unpaired) electrons. The van der Waals surface area contributed by atoms with E-state index >= 15 is 0 Å². The van der Waals surface area contributed by atoms with Crippen LogP contribution in [0.15, 0.2) is 30.3 Å². The first-order valence-electron chi connectivity index (χ1n) is 6.85.